The molecule has 106 valence electrons. The van der Waals surface area contributed by atoms with E-state index in [0.717, 1.165) is 6.07 Å². The van der Waals surface area contributed by atoms with Gasteiger partial charge in [0.2, 0.25) is 0 Å². The molecular formula is C13H17F3N2O. The maximum Gasteiger partial charge on any atom is 0.194 e. The number of ether oxygens (including phenoxy) is 1. The van der Waals surface area contributed by atoms with Crippen LogP contribution in [0.3, 0.4) is 0 Å². The molecule has 0 bridgehead atoms. The standard InChI is InChI=1S/C13H17F3N2O/c1-7-6-19-5-4-8(7)13(18-17)9-2-3-10(14)12(16)11(9)15/h2-3,7-8,13,18H,4-6,17H2,1H3. The highest BCUT2D eigenvalue weighted by Crippen LogP contribution is 2.35. The summed E-state index contributed by atoms with van der Waals surface area (Å²) in [7, 11) is 0. The van der Waals surface area contributed by atoms with Crippen LogP contribution in [0.5, 0.6) is 0 Å². The molecule has 0 aromatic heterocycles. The molecule has 1 heterocycles. The van der Waals surface area contributed by atoms with Gasteiger partial charge in [0.1, 0.15) is 0 Å². The molecule has 1 aromatic carbocycles. The molecule has 6 heteroatoms. The van der Waals surface area contributed by atoms with E-state index in [1.807, 2.05) is 6.92 Å². The van der Waals surface area contributed by atoms with Gasteiger partial charge in [-0.1, -0.05) is 13.0 Å². The number of halogens is 3. The fourth-order valence-corrected chi connectivity index (χ4v) is 2.62. The van der Waals surface area contributed by atoms with Crippen LogP contribution < -0.4 is 11.3 Å². The lowest BCUT2D eigenvalue weighted by molar-refractivity contribution is 0.0100. The number of hydrazine groups is 1. The summed E-state index contributed by atoms with van der Waals surface area (Å²) < 4.78 is 45.4. The Bertz CT molecular complexity index is 456. The molecule has 0 radical (unpaired) electrons. The summed E-state index contributed by atoms with van der Waals surface area (Å²) in [5, 5.41) is 0. The van der Waals surface area contributed by atoms with E-state index in [4.69, 9.17) is 10.6 Å². The topological polar surface area (TPSA) is 47.3 Å². The molecule has 1 fully saturated rings. The largest absolute Gasteiger partial charge is 0.381 e. The van der Waals surface area contributed by atoms with Crippen molar-refractivity contribution in [1.29, 1.82) is 0 Å². The highest BCUT2D eigenvalue weighted by Gasteiger charge is 2.32. The zero-order valence-electron chi connectivity index (χ0n) is 10.6. The Balaban J connectivity index is 2.34. The number of nitrogens with two attached hydrogens (primary N) is 1. The molecule has 19 heavy (non-hydrogen) atoms. The summed E-state index contributed by atoms with van der Waals surface area (Å²) in [6, 6.07) is 1.59. The molecule has 3 atom stereocenters. The van der Waals surface area contributed by atoms with Crippen LogP contribution in [0.1, 0.15) is 24.9 Å². The average Bonchev–Trinajstić information content (AvgIpc) is 2.41. The summed E-state index contributed by atoms with van der Waals surface area (Å²) in [6.45, 7) is 3.07. The first-order valence-electron chi connectivity index (χ1n) is 6.23. The second-order valence-electron chi connectivity index (χ2n) is 4.91. The summed E-state index contributed by atoms with van der Waals surface area (Å²) in [5.74, 6) is 1.81. The van der Waals surface area contributed by atoms with Crippen molar-refractivity contribution in [3.63, 3.8) is 0 Å². The van der Waals surface area contributed by atoms with E-state index in [0.29, 0.717) is 19.6 Å². The highest BCUT2D eigenvalue weighted by molar-refractivity contribution is 5.24. The van der Waals surface area contributed by atoms with E-state index < -0.39 is 23.5 Å². The number of nitrogens with one attached hydrogen (secondary N) is 1. The van der Waals surface area contributed by atoms with Crippen molar-refractivity contribution in [3.8, 4) is 0 Å². The van der Waals surface area contributed by atoms with Gasteiger partial charge in [-0.2, -0.15) is 0 Å². The number of rotatable bonds is 3. The maximum atomic E-state index is 13.8. The summed E-state index contributed by atoms with van der Waals surface area (Å²) >= 11 is 0. The van der Waals surface area contributed by atoms with Crippen molar-refractivity contribution in [2.24, 2.45) is 17.7 Å². The first-order chi connectivity index (χ1) is 9.06. The van der Waals surface area contributed by atoms with Gasteiger partial charge in [0.25, 0.3) is 0 Å². The third-order valence-electron chi connectivity index (χ3n) is 3.71. The van der Waals surface area contributed by atoms with E-state index in [2.05, 4.69) is 5.43 Å². The minimum Gasteiger partial charge on any atom is -0.381 e. The van der Waals surface area contributed by atoms with Crippen LogP contribution in [0.15, 0.2) is 12.1 Å². The number of benzene rings is 1. The first-order valence-corrected chi connectivity index (χ1v) is 6.23. The first kappa shape index (κ1) is 14.3. The molecule has 3 nitrogen and oxygen atoms in total. The predicted octanol–water partition coefficient (Wildman–Crippen LogP) is 2.28. The fraction of sp³-hybridized carbons (Fsp3) is 0.538. The minimum absolute atomic E-state index is 0.0121. The van der Waals surface area contributed by atoms with Crippen LogP contribution in [0.4, 0.5) is 13.2 Å². The monoisotopic (exact) mass is 274 g/mol. The van der Waals surface area contributed by atoms with Crippen molar-refractivity contribution in [2.75, 3.05) is 13.2 Å². The molecule has 1 aliphatic rings. The van der Waals surface area contributed by atoms with Gasteiger partial charge in [-0.05, 0) is 24.3 Å². The van der Waals surface area contributed by atoms with Gasteiger partial charge in [-0.3, -0.25) is 11.3 Å². The van der Waals surface area contributed by atoms with Crippen LogP contribution in [-0.4, -0.2) is 13.2 Å². The van der Waals surface area contributed by atoms with E-state index in [-0.39, 0.29) is 17.4 Å². The molecular weight excluding hydrogens is 257 g/mol. The second kappa shape index (κ2) is 5.90. The lowest BCUT2D eigenvalue weighted by atomic mass is 9.80. The van der Waals surface area contributed by atoms with Gasteiger partial charge in [0.05, 0.1) is 6.04 Å². The quantitative estimate of drug-likeness (QED) is 0.505. The minimum atomic E-state index is -1.46. The Hall–Kier alpha value is -1.11. The van der Waals surface area contributed by atoms with Gasteiger partial charge in [0.15, 0.2) is 17.5 Å². The van der Waals surface area contributed by atoms with E-state index in [9.17, 15) is 13.2 Å². The molecule has 1 saturated heterocycles. The third-order valence-corrected chi connectivity index (χ3v) is 3.71. The Morgan fingerprint density at radius 1 is 1.32 bits per heavy atom. The van der Waals surface area contributed by atoms with Crippen LogP contribution >= 0.6 is 0 Å². The molecule has 2 rings (SSSR count). The summed E-state index contributed by atoms with van der Waals surface area (Å²) in [5.41, 5.74) is 2.58. The molecule has 1 aromatic rings. The fourth-order valence-electron chi connectivity index (χ4n) is 2.62. The van der Waals surface area contributed by atoms with Gasteiger partial charge in [-0.15, -0.1) is 0 Å². The normalized spacial score (nSPS) is 25.3. The third kappa shape index (κ3) is 2.75. The molecule has 0 saturated carbocycles. The van der Waals surface area contributed by atoms with E-state index >= 15 is 0 Å². The lowest BCUT2D eigenvalue weighted by Gasteiger charge is -2.35. The van der Waals surface area contributed by atoms with Crippen LogP contribution in [-0.2, 0) is 4.74 Å². The zero-order valence-corrected chi connectivity index (χ0v) is 10.6. The average molecular weight is 274 g/mol. The maximum absolute atomic E-state index is 13.8. The SMILES string of the molecule is CC1COCCC1C(NN)c1ccc(F)c(F)c1F. The van der Waals surface area contributed by atoms with E-state index in [1.54, 1.807) is 0 Å². The van der Waals surface area contributed by atoms with E-state index in [1.165, 1.54) is 6.07 Å². The zero-order chi connectivity index (χ0) is 14.0. The summed E-state index contributed by atoms with van der Waals surface area (Å²) in [4.78, 5) is 0. The number of hydrogen-bond donors (Lipinski definition) is 2. The molecule has 1 aliphatic heterocycles. The van der Waals surface area contributed by atoms with Crippen LogP contribution in [0.25, 0.3) is 0 Å². The molecule has 3 N–H and O–H groups in total. The highest BCUT2D eigenvalue weighted by atomic mass is 19.2. The number of hydrogen-bond acceptors (Lipinski definition) is 3. The van der Waals surface area contributed by atoms with Crippen molar-refractivity contribution >= 4 is 0 Å². The molecule has 3 unspecified atom stereocenters. The Kier molecular flexibility index (Phi) is 4.44. The molecule has 0 amide bonds. The Morgan fingerprint density at radius 2 is 2.05 bits per heavy atom. The lowest BCUT2D eigenvalue weighted by Crippen LogP contribution is -2.40. The van der Waals surface area contributed by atoms with Gasteiger partial charge in [0, 0.05) is 18.8 Å². The van der Waals surface area contributed by atoms with Gasteiger partial charge in [-0.25, -0.2) is 13.2 Å². The van der Waals surface area contributed by atoms with Crippen molar-refractivity contribution < 1.29 is 17.9 Å². The van der Waals surface area contributed by atoms with Gasteiger partial charge < -0.3 is 4.74 Å². The molecule has 0 spiro atoms. The van der Waals surface area contributed by atoms with Crippen molar-refractivity contribution in [1.82, 2.24) is 5.43 Å². The van der Waals surface area contributed by atoms with Crippen molar-refractivity contribution in [3.05, 3.63) is 35.1 Å². The van der Waals surface area contributed by atoms with Crippen molar-refractivity contribution in [2.45, 2.75) is 19.4 Å². The summed E-state index contributed by atoms with van der Waals surface area (Å²) in [6.07, 6.45) is 0.689. The Morgan fingerprint density at radius 3 is 2.68 bits per heavy atom. The predicted molar refractivity (Wildman–Crippen MR) is 64.5 cm³/mol. The Labute approximate surface area is 109 Å². The molecule has 0 aliphatic carbocycles. The van der Waals surface area contributed by atoms with Crippen LogP contribution in [0, 0.1) is 29.3 Å². The van der Waals surface area contributed by atoms with Crippen LogP contribution in [0.2, 0.25) is 0 Å². The smallest absolute Gasteiger partial charge is 0.194 e. The second-order valence-corrected chi connectivity index (χ2v) is 4.91. The van der Waals surface area contributed by atoms with Gasteiger partial charge >= 0.3 is 0 Å².